The summed E-state index contributed by atoms with van der Waals surface area (Å²) in [6.07, 6.45) is -0.114. The lowest BCUT2D eigenvalue weighted by Crippen LogP contribution is -2.51. The van der Waals surface area contributed by atoms with Crippen LogP contribution in [0.4, 0.5) is 0 Å². The number of sulfonamides is 1. The summed E-state index contributed by atoms with van der Waals surface area (Å²) >= 11 is 0. The molecule has 1 aliphatic heterocycles. The van der Waals surface area contributed by atoms with Gasteiger partial charge in [0.05, 0.1) is 5.75 Å². The van der Waals surface area contributed by atoms with Crippen LogP contribution in [0.2, 0.25) is 0 Å². The Morgan fingerprint density at radius 3 is 2.07 bits per heavy atom. The van der Waals surface area contributed by atoms with E-state index in [0.717, 1.165) is 0 Å². The quantitative estimate of drug-likeness (QED) is 0.695. The Morgan fingerprint density at radius 2 is 1.67 bits per heavy atom. The summed E-state index contributed by atoms with van der Waals surface area (Å²) in [6.45, 7) is 5.52. The molecule has 1 fully saturated rings. The molecule has 5 nitrogen and oxygen atoms in total. The van der Waals surface area contributed by atoms with Gasteiger partial charge in [0.25, 0.3) is 0 Å². The van der Waals surface area contributed by atoms with Crippen LogP contribution in [-0.4, -0.2) is 55.8 Å². The minimum Gasteiger partial charge on any atom is -0.273 e. The van der Waals surface area contributed by atoms with Gasteiger partial charge in [-0.3, -0.25) is 4.90 Å². The highest BCUT2D eigenvalue weighted by Gasteiger charge is 2.27. The predicted octanol–water partition coefficient (Wildman–Crippen LogP) is 0.120. The molecule has 1 rings (SSSR count). The zero-order chi connectivity index (χ0) is 11.5. The van der Waals surface area contributed by atoms with Crippen LogP contribution < -0.4 is 0 Å². The largest absolute Gasteiger partial charge is 0.273 e. The molecule has 6 heteroatoms. The Balaban J connectivity index is 2.49. The maximum absolute atomic E-state index is 11.5. The molecule has 1 atom stereocenters. The lowest BCUT2D eigenvalue weighted by molar-refractivity contribution is -0.0623. The first-order valence-electron chi connectivity index (χ1n) is 5.39. The maximum Gasteiger partial charge on any atom is 0.213 e. The van der Waals surface area contributed by atoms with Crippen LogP contribution in [0.25, 0.3) is 0 Å². The molecule has 0 bridgehead atoms. The lowest BCUT2D eigenvalue weighted by atomic mass is 10.3. The first-order valence-corrected chi connectivity index (χ1v) is 7.00. The van der Waals surface area contributed by atoms with Crippen molar-refractivity contribution >= 4 is 10.0 Å². The van der Waals surface area contributed by atoms with E-state index in [-0.39, 0.29) is 5.75 Å². The molecule has 0 aromatic carbocycles. The molecule has 0 spiro atoms. The van der Waals surface area contributed by atoms with Gasteiger partial charge in [-0.1, -0.05) is 6.92 Å². The number of rotatable bonds is 4. The number of hydrogen-bond donors (Lipinski definition) is 0. The van der Waals surface area contributed by atoms with E-state index in [4.69, 9.17) is 0 Å². The van der Waals surface area contributed by atoms with Gasteiger partial charge in [-0.2, -0.15) is 4.31 Å². The van der Waals surface area contributed by atoms with E-state index in [0.29, 0.717) is 32.6 Å². The first-order chi connectivity index (χ1) is 7.01. The van der Waals surface area contributed by atoms with Gasteiger partial charge in [-0.05, 0) is 13.3 Å². The van der Waals surface area contributed by atoms with Crippen molar-refractivity contribution in [1.82, 2.24) is 9.21 Å². The van der Waals surface area contributed by atoms with Crippen LogP contribution in [0.3, 0.4) is 0 Å². The molecule has 1 radical (unpaired) electrons. The van der Waals surface area contributed by atoms with Gasteiger partial charge in [-0.25, -0.2) is 13.5 Å². The van der Waals surface area contributed by atoms with Crippen LogP contribution in [0.5, 0.6) is 0 Å². The number of nitrogens with zero attached hydrogens (tertiary/aromatic N) is 2. The van der Waals surface area contributed by atoms with Crippen molar-refractivity contribution < 1.29 is 13.5 Å². The van der Waals surface area contributed by atoms with Crippen LogP contribution in [0, 0.1) is 0 Å². The van der Waals surface area contributed by atoms with E-state index in [1.807, 2.05) is 11.8 Å². The van der Waals surface area contributed by atoms with Gasteiger partial charge < -0.3 is 0 Å². The third-order valence-electron chi connectivity index (χ3n) is 2.79. The smallest absolute Gasteiger partial charge is 0.213 e. The van der Waals surface area contributed by atoms with Gasteiger partial charge in [0.15, 0.2) is 0 Å². The third kappa shape index (κ3) is 3.14. The Morgan fingerprint density at radius 1 is 1.13 bits per heavy atom. The number of piperazine rings is 1. The van der Waals surface area contributed by atoms with E-state index in [1.165, 1.54) is 4.31 Å². The van der Waals surface area contributed by atoms with Crippen LogP contribution in [0.15, 0.2) is 0 Å². The zero-order valence-electron chi connectivity index (χ0n) is 9.35. The summed E-state index contributed by atoms with van der Waals surface area (Å²) < 4.78 is 24.5. The summed E-state index contributed by atoms with van der Waals surface area (Å²) in [6, 6.07) is 0. The van der Waals surface area contributed by atoms with Crippen molar-refractivity contribution in [2.45, 2.75) is 26.5 Å². The van der Waals surface area contributed by atoms with Crippen LogP contribution >= 0.6 is 0 Å². The Kier molecular flexibility index (Phi) is 4.51. The van der Waals surface area contributed by atoms with E-state index in [2.05, 4.69) is 0 Å². The highest BCUT2D eigenvalue weighted by Crippen LogP contribution is 2.11. The fourth-order valence-corrected chi connectivity index (χ4v) is 2.80. The van der Waals surface area contributed by atoms with E-state index in [1.54, 1.807) is 6.92 Å². The second-order valence-electron chi connectivity index (χ2n) is 3.70. The average molecular weight is 235 g/mol. The topological polar surface area (TPSA) is 60.5 Å². The normalized spacial score (nSPS) is 22.9. The monoisotopic (exact) mass is 235 g/mol. The van der Waals surface area contributed by atoms with Gasteiger partial charge in [-0.15, -0.1) is 0 Å². The minimum atomic E-state index is -3.07. The van der Waals surface area contributed by atoms with E-state index < -0.39 is 16.3 Å². The molecule has 0 aromatic heterocycles. The highest BCUT2D eigenvalue weighted by atomic mass is 32.2. The molecule has 0 aromatic rings. The highest BCUT2D eigenvalue weighted by molar-refractivity contribution is 7.89. The summed E-state index contributed by atoms with van der Waals surface area (Å²) in [7, 11) is -3.07. The SMILES string of the molecule is CCC([O])N1CCN(S(=O)(=O)CC)CC1. The summed E-state index contributed by atoms with van der Waals surface area (Å²) in [5.41, 5.74) is 0. The maximum atomic E-state index is 11.5. The Bertz CT molecular complexity index is 284. The lowest BCUT2D eigenvalue weighted by Gasteiger charge is -2.35. The molecule has 89 valence electrons. The molecule has 1 unspecified atom stereocenters. The predicted molar refractivity (Wildman–Crippen MR) is 57.4 cm³/mol. The van der Waals surface area contributed by atoms with E-state index in [9.17, 15) is 13.5 Å². The molecular formula is C9H19N2O3S. The standard InChI is InChI=1S/C9H19N2O3S/c1-3-9(12)10-5-7-11(8-6-10)15(13,14)4-2/h9H,3-8H2,1-2H3. The van der Waals surface area contributed by atoms with Crippen LogP contribution in [0.1, 0.15) is 20.3 Å². The molecule has 0 N–H and O–H groups in total. The molecule has 1 heterocycles. The zero-order valence-corrected chi connectivity index (χ0v) is 10.2. The number of hydrogen-bond acceptors (Lipinski definition) is 3. The van der Waals surface area contributed by atoms with Gasteiger partial charge in [0.2, 0.25) is 10.0 Å². The second kappa shape index (κ2) is 5.25. The summed E-state index contributed by atoms with van der Waals surface area (Å²) in [5, 5.41) is 11.4. The molecule has 0 saturated carbocycles. The van der Waals surface area contributed by atoms with Gasteiger partial charge in [0.1, 0.15) is 6.23 Å². The van der Waals surface area contributed by atoms with Gasteiger partial charge in [0, 0.05) is 26.2 Å². The molecule has 1 saturated heterocycles. The fraction of sp³-hybridized carbons (Fsp3) is 1.00. The molecule has 1 aliphatic rings. The molecule has 0 amide bonds. The van der Waals surface area contributed by atoms with Crippen molar-refractivity contribution in [3.63, 3.8) is 0 Å². The van der Waals surface area contributed by atoms with Crippen molar-refractivity contribution in [2.75, 3.05) is 31.9 Å². The Labute approximate surface area is 91.7 Å². The Hall–Kier alpha value is -0.170. The summed E-state index contributed by atoms with van der Waals surface area (Å²) in [4.78, 5) is 1.81. The first kappa shape index (κ1) is 12.9. The third-order valence-corrected chi connectivity index (χ3v) is 4.67. The van der Waals surface area contributed by atoms with Crippen molar-refractivity contribution in [3.05, 3.63) is 0 Å². The summed E-state index contributed by atoms with van der Waals surface area (Å²) in [5.74, 6) is 0.140. The minimum absolute atomic E-state index is 0.140. The van der Waals surface area contributed by atoms with Crippen molar-refractivity contribution in [1.29, 1.82) is 0 Å². The van der Waals surface area contributed by atoms with E-state index >= 15 is 0 Å². The van der Waals surface area contributed by atoms with Gasteiger partial charge >= 0.3 is 0 Å². The fourth-order valence-electron chi connectivity index (χ4n) is 1.71. The molecule has 15 heavy (non-hydrogen) atoms. The molecular weight excluding hydrogens is 216 g/mol. The molecule has 0 aliphatic carbocycles. The van der Waals surface area contributed by atoms with Crippen molar-refractivity contribution in [3.8, 4) is 0 Å². The van der Waals surface area contributed by atoms with Crippen LogP contribution in [-0.2, 0) is 15.1 Å². The van der Waals surface area contributed by atoms with Crippen molar-refractivity contribution in [2.24, 2.45) is 0 Å². The average Bonchev–Trinajstić information content (AvgIpc) is 2.28. The second-order valence-corrected chi connectivity index (χ2v) is 5.96.